The highest BCUT2D eigenvalue weighted by Gasteiger charge is 2.26. The van der Waals surface area contributed by atoms with Crippen LogP contribution >= 0.6 is 0 Å². The molecule has 2 aliphatic rings. The van der Waals surface area contributed by atoms with Crippen LogP contribution in [0.1, 0.15) is 33.8 Å². The van der Waals surface area contributed by atoms with Gasteiger partial charge in [-0.05, 0) is 62.3 Å². The van der Waals surface area contributed by atoms with Gasteiger partial charge in [0.25, 0.3) is 11.8 Å². The van der Waals surface area contributed by atoms with Crippen molar-refractivity contribution in [3.8, 4) is 0 Å². The predicted molar refractivity (Wildman–Crippen MR) is 126 cm³/mol. The van der Waals surface area contributed by atoms with Gasteiger partial charge in [0.1, 0.15) is 6.04 Å². The van der Waals surface area contributed by atoms with Gasteiger partial charge in [-0.1, -0.05) is 0 Å². The Morgan fingerprint density at radius 3 is 2.35 bits per heavy atom. The summed E-state index contributed by atoms with van der Waals surface area (Å²) in [6.45, 7) is 5.91. The van der Waals surface area contributed by atoms with E-state index in [0.29, 0.717) is 11.6 Å². The van der Waals surface area contributed by atoms with Gasteiger partial charge in [0.15, 0.2) is 5.76 Å². The lowest BCUT2D eigenvalue weighted by Crippen LogP contribution is -2.52. The number of benzene rings is 1. The predicted octanol–water partition coefficient (Wildman–Crippen LogP) is 0.767. The Kier molecular flexibility index (Phi) is 7.81. The molecule has 1 aromatic heterocycles. The SMILES string of the molecule is O=C(NC[C@H](NC(=O)c1ccco1)C(=O)O)c1ccc(N2CCN(C3CCNCC3)CC2)cc1. The van der Waals surface area contributed by atoms with Gasteiger partial charge in [-0.2, -0.15) is 0 Å². The molecule has 2 amide bonds. The molecule has 182 valence electrons. The van der Waals surface area contributed by atoms with Crippen molar-refractivity contribution < 1.29 is 23.9 Å². The van der Waals surface area contributed by atoms with Crippen LogP contribution in [0.25, 0.3) is 0 Å². The minimum absolute atomic E-state index is 0.00440. The second-order valence-electron chi connectivity index (χ2n) is 8.60. The van der Waals surface area contributed by atoms with E-state index in [2.05, 4.69) is 25.8 Å². The van der Waals surface area contributed by atoms with Crippen molar-refractivity contribution in [2.75, 3.05) is 50.7 Å². The maximum absolute atomic E-state index is 12.5. The number of piperazine rings is 1. The number of rotatable bonds is 8. The number of piperidine rings is 1. The number of amides is 2. The zero-order valence-electron chi connectivity index (χ0n) is 19.0. The Morgan fingerprint density at radius 2 is 1.74 bits per heavy atom. The quantitative estimate of drug-likeness (QED) is 0.447. The van der Waals surface area contributed by atoms with Gasteiger partial charge >= 0.3 is 5.97 Å². The number of carboxylic acids is 1. The van der Waals surface area contributed by atoms with Crippen LogP contribution < -0.4 is 20.9 Å². The molecule has 34 heavy (non-hydrogen) atoms. The first-order chi connectivity index (χ1) is 16.5. The highest BCUT2D eigenvalue weighted by atomic mass is 16.4. The number of carbonyl (C=O) groups excluding carboxylic acids is 2. The third-order valence-electron chi connectivity index (χ3n) is 6.45. The third kappa shape index (κ3) is 5.95. The zero-order chi connectivity index (χ0) is 23.9. The normalized spacial score (nSPS) is 18.3. The topological polar surface area (TPSA) is 127 Å². The standard InChI is InChI=1S/C24H31N5O5/c30-22(26-16-20(24(32)33)27-23(31)21-2-1-15-34-21)17-3-5-18(6-4-17)28-11-13-29(14-12-28)19-7-9-25-10-8-19/h1-6,15,19-20,25H,7-14,16H2,(H,26,30)(H,27,31)(H,32,33)/t20-/m0/s1. The molecule has 4 rings (SSSR count). The van der Waals surface area contributed by atoms with E-state index < -0.39 is 23.8 Å². The van der Waals surface area contributed by atoms with Gasteiger partial charge in [-0.3, -0.25) is 14.5 Å². The molecule has 0 aliphatic carbocycles. The molecule has 4 N–H and O–H groups in total. The van der Waals surface area contributed by atoms with Gasteiger partial charge in [0.05, 0.1) is 6.26 Å². The van der Waals surface area contributed by atoms with Crippen molar-refractivity contribution in [2.45, 2.75) is 24.9 Å². The number of hydrogen-bond acceptors (Lipinski definition) is 7. The summed E-state index contributed by atoms with van der Waals surface area (Å²) in [5.74, 6) is -2.30. The number of anilines is 1. The first-order valence-corrected chi connectivity index (χ1v) is 11.7. The van der Waals surface area contributed by atoms with Crippen molar-refractivity contribution in [1.29, 1.82) is 0 Å². The summed E-state index contributed by atoms with van der Waals surface area (Å²) in [5, 5.41) is 17.7. The van der Waals surface area contributed by atoms with Crippen LogP contribution in [0.2, 0.25) is 0 Å². The highest BCUT2D eigenvalue weighted by molar-refractivity contribution is 5.96. The Hall–Kier alpha value is -3.37. The smallest absolute Gasteiger partial charge is 0.328 e. The van der Waals surface area contributed by atoms with E-state index in [1.807, 2.05) is 12.1 Å². The molecule has 3 heterocycles. The van der Waals surface area contributed by atoms with Gasteiger partial charge in [-0.25, -0.2) is 4.79 Å². The molecule has 2 fully saturated rings. The summed E-state index contributed by atoms with van der Waals surface area (Å²) < 4.78 is 4.97. The van der Waals surface area contributed by atoms with Crippen molar-refractivity contribution in [1.82, 2.24) is 20.9 Å². The lowest BCUT2D eigenvalue weighted by Gasteiger charge is -2.41. The number of hydrogen-bond donors (Lipinski definition) is 4. The van der Waals surface area contributed by atoms with E-state index in [-0.39, 0.29) is 12.3 Å². The van der Waals surface area contributed by atoms with Crippen molar-refractivity contribution >= 4 is 23.5 Å². The molecule has 1 aromatic carbocycles. The first kappa shape index (κ1) is 23.8. The number of carboxylic acid groups (broad SMARTS) is 1. The Balaban J connectivity index is 1.26. The largest absolute Gasteiger partial charge is 0.480 e. The summed E-state index contributed by atoms with van der Waals surface area (Å²) in [7, 11) is 0. The third-order valence-corrected chi connectivity index (χ3v) is 6.45. The summed E-state index contributed by atoms with van der Waals surface area (Å²) >= 11 is 0. The molecule has 2 aromatic rings. The zero-order valence-corrected chi connectivity index (χ0v) is 19.0. The summed E-state index contributed by atoms with van der Waals surface area (Å²) in [4.78, 5) is 41.0. The Labute approximate surface area is 198 Å². The molecule has 0 spiro atoms. The van der Waals surface area contributed by atoms with Crippen LogP contribution in [0.4, 0.5) is 5.69 Å². The van der Waals surface area contributed by atoms with E-state index in [0.717, 1.165) is 45.0 Å². The molecule has 0 saturated carbocycles. The number of nitrogens with one attached hydrogen (secondary N) is 3. The van der Waals surface area contributed by atoms with Crippen LogP contribution in [0.15, 0.2) is 47.1 Å². The fourth-order valence-corrected chi connectivity index (χ4v) is 4.47. The van der Waals surface area contributed by atoms with E-state index in [4.69, 9.17) is 4.42 Å². The minimum atomic E-state index is -1.28. The molecule has 1 atom stereocenters. The van der Waals surface area contributed by atoms with Crippen molar-refractivity contribution in [2.24, 2.45) is 0 Å². The van der Waals surface area contributed by atoms with Gasteiger partial charge in [-0.15, -0.1) is 0 Å². The minimum Gasteiger partial charge on any atom is -0.480 e. The molecule has 10 nitrogen and oxygen atoms in total. The van der Waals surface area contributed by atoms with Crippen LogP contribution in [-0.2, 0) is 4.79 Å². The van der Waals surface area contributed by atoms with Crippen LogP contribution in [-0.4, -0.2) is 85.7 Å². The number of nitrogens with zero attached hydrogens (tertiary/aromatic N) is 2. The van der Waals surface area contributed by atoms with E-state index in [1.54, 1.807) is 12.1 Å². The Bertz CT molecular complexity index is 964. The second-order valence-corrected chi connectivity index (χ2v) is 8.60. The van der Waals surface area contributed by atoms with E-state index in [1.165, 1.54) is 31.2 Å². The summed E-state index contributed by atoms with van der Waals surface area (Å²) in [5.41, 5.74) is 1.49. The lowest BCUT2D eigenvalue weighted by molar-refractivity contribution is -0.139. The average molecular weight is 470 g/mol. The molecule has 2 aliphatic heterocycles. The number of carbonyl (C=O) groups is 3. The number of aliphatic carboxylic acids is 1. The molecule has 0 radical (unpaired) electrons. The van der Waals surface area contributed by atoms with E-state index >= 15 is 0 Å². The van der Waals surface area contributed by atoms with Crippen LogP contribution in [0.5, 0.6) is 0 Å². The fraction of sp³-hybridized carbons (Fsp3) is 0.458. The lowest BCUT2D eigenvalue weighted by atomic mass is 10.0. The molecular weight excluding hydrogens is 438 g/mol. The average Bonchev–Trinajstić information content (AvgIpc) is 3.42. The highest BCUT2D eigenvalue weighted by Crippen LogP contribution is 2.20. The van der Waals surface area contributed by atoms with Crippen LogP contribution in [0.3, 0.4) is 0 Å². The Morgan fingerprint density at radius 1 is 1.03 bits per heavy atom. The van der Waals surface area contributed by atoms with Gasteiger partial charge in [0.2, 0.25) is 0 Å². The second kappa shape index (κ2) is 11.2. The van der Waals surface area contributed by atoms with E-state index in [9.17, 15) is 19.5 Å². The van der Waals surface area contributed by atoms with Crippen molar-refractivity contribution in [3.05, 3.63) is 54.0 Å². The molecule has 10 heteroatoms. The molecule has 0 unspecified atom stereocenters. The maximum atomic E-state index is 12.5. The van der Waals surface area contributed by atoms with Gasteiger partial charge < -0.3 is 30.4 Å². The van der Waals surface area contributed by atoms with Gasteiger partial charge in [0, 0.05) is 50.0 Å². The molecule has 0 bridgehead atoms. The van der Waals surface area contributed by atoms with Crippen molar-refractivity contribution in [3.63, 3.8) is 0 Å². The molecule has 2 saturated heterocycles. The summed E-state index contributed by atoms with van der Waals surface area (Å²) in [6, 6.07) is 9.67. The number of furan rings is 1. The first-order valence-electron chi connectivity index (χ1n) is 11.7. The van der Waals surface area contributed by atoms with Crippen LogP contribution in [0, 0.1) is 0 Å². The summed E-state index contributed by atoms with van der Waals surface area (Å²) in [6.07, 6.45) is 3.74. The molecular formula is C24H31N5O5. The fourth-order valence-electron chi connectivity index (χ4n) is 4.47. The monoisotopic (exact) mass is 469 g/mol. The maximum Gasteiger partial charge on any atom is 0.328 e.